The molecule has 0 aliphatic carbocycles. The summed E-state index contributed by atoms with van der Waals surface area (Å²) in [5, 5.41) is 0.860. The zero-order valence-electron chi connectivity index (χ0n) is 9.34. The molecule has 0 spiro atoms. The average molecular weight is 236 g/mol. The lowest BCUT2D eigenvalue weighted by Crippen LogP contribution is -2.09. The van der Waals surface area contributed by atoms with Crippen LogP contribution in [0.15, 0.2) is 18.3 Å². The van der Waals surface area contributed by atoms with Gasteiger partial charge in [-0.2, -0.15) is 9.36 Å². The molecule has 0 atom stereocenters. The molecule has 0 saturated carbocycles. The van der Waals surface area contributed by atoms with Crippen molar-refractivity contribution in [3.8, 4) is 16.5 Å². The van der Waals surface area contributed by atoms with Crippen molar-refractivity contribution in [2.75, 3.05) is 26.1 Å². The van der Waals surface area contributed by atoms with Crippen molar-refractivity contribution in [3.05, 3.63) is 18.3 Å². The molecular weight excluding hydrogens is 224 g/mol. The van der Waals surface area contributed by atoms with Gasteiger partial charge in [0.05, 0.1) is 7.11 Å². The Bertz CT molecular complexity index is 466. The number of aromatic nitrogens is 3. The summed E-state index contributed by atoms with van der Waals surface area (Å²) in [4.78, 5) is 10.4. The van der Waals surface area contributed by atoms with Gasteiger partial charge in [-0.25, -0.2) is 4.98 Å². The highest BCUT2D eigenvalue weighted by Crippen LogP contribution is 2.24. The van der Waals surface area contributed by atoms with E-state index in [1.807, 2.05) is 31.1 Å². The first-order valence-electron chi connectivity index (χ1n) is 4.72. The Kier molecular flexibility index (Phi) is 3.00. The molecule has 0 amide bonds. The molecule has 0 aliphatic heterocycles. The van der Waals surface area contributed by atoms with E-state index in [-0.39, 0.29) is 0 Å². The molecule has 0 aliphatic rings. The van der Waals surface area contributed by atoms with Gasteiger partial charge in [-0.05, 0) is 17.6 Å². The van der Waals surface area contributed by atoms with E-state index >= 15 is 0 Å². The van der Waals surface area contributed by atoms with E-state index in [1.165, 1.54) is 11.5 Å². The molecule has 0 saturated heterocycles. The van der Waals surface area contributed by atoms with E-state index < -0.39 is 0 Å². The van der Waals surface area contributed by atoms with E-state index in [9.17, 15) is 0 Å². The zero-order valence-corrected chi connectivity index (χ0v) is 10.2. The van der Waals surface area contributed by atoms with Crippen LogP contribution in [-0.2, 0) is 0 Å². The number of methoxy groups -OCH3 is 1. The second kappa shape index (κ2) is 4.44. The van der Waals surface area contributed by atoms with Crippen molar-refractivity contribution in [2.45, 2.75) is 0 Å². The van der Waals surface area contributed by atoms with Crippen LogP contribution >= 0.6 is 11.5 Å². The Labute approximate surface area is 97.9 Å². The number of rotatable bonds is 3. The SMILES string of the molecule is COc1ccc(-c2nc(N(C)C)ns2)cn1. The molecule has 0 aromatic carbocycles. The molecule has 0 unspecified atom stereocenters. The number of pyridine rings is 1. The van der Waals surface area contributed by atoms with Crippen LogP contribution in [0.2, 0.25) is 0 Å². The normalized spacial score (nSPS) is 10.2. The van der Waals surface area contributed by atoms with Crippen LogP contribution in [-0.4, -0.2) is 35.5 Å². The Morgan fingerprint density at radius 2 is 2.12 bits per heavy atom. The molecule has 0 fully saturated rings. The molecule has 2 rings (SSSR count). The highest BCUT2D eigenvalue weighted by Gasteiger charge is 2.08. The minimum atomic E-state index is 0.598. The summed E-state index contributed by atoms with van der Waals surface area (Å²) in [6.45, 7) is 0. The van der Waals surface area contributed by atoms with Crippen LogP contribution in [0.3, 0.4) is 0 Å². The first kappa shape index (κ1) is 10.8. The van der Waals surface area contributed by atoms with E-state index in [4.69, 9.17) is 4.74 Å². The van der Waals surface area contributed by atoms with Gasteiger partial charge in [0.15, 0.2) is 0 Å². The van der Waals surface area contributed by atoms with Gasteiger partial charge in [-0.3, -0.25) is 0 Å². The first-order chi connectivity index (χ1) is 7.70. The summed E-state index contributed by atoms with van der Waals surface area (Å²) in [7, 11) is 5.42. The number of anilines is 1. The standard InChI is InChI=1S/C10H12N4OS/c1-14(2)10-12-9(16-13-10)7-4-5-8(15-3)11-6-7/h4-6H,1-3H3. The van der Waals surface area contributed by atoms with E-state index in [2.05, 4.69) is 14.3 Å². The monoisotopic (exact) mass is 236 g/mol. The van der Waals surface area contributed by atoms with Crippen molar-refractivity contribution in [1.29, 1.82) is 0 Å². The van der Waals surface area contributed by atoms with Gasteiger partial charge in [-0.1, -0.05) is 0 Å². The highest BCUT2D eigenvalue weighted by atomic mass is 32.1. The smallest absolute Gasteiger partial charge is 0.237 e. The van der Waals surface area contributed by atoms with Gasteiger partial charge in [0.1, 0.15) is 5.01 Å². The minimum Gasteiger partial charge on any atom is -0.481 e. The van der Waals surface area contributed by atoms with Crippen molar-refractivity contribution in [3.63, 3.8) is 0 Å². The Hall–Kier alpha value is -1.69. The molecule has 2 heterocycles. The largest absolute Gasteiger partial charge is 0.481 e. The van der Waals surface area contributed by atoms with Gasteiger partial charge in [0, 0.05) is 31.9 Å². The third-order valence-electron chi connectivity index (χ3n) is 2.01. The Morgan fingerprint density at radius 3 is 2.62 bits per heavy atom. The maximum atomic E-state index is 5.00. The van der Waals surface area contributed by atoms with Crippen LogP contribution in [0.5, 0.6) is 5.88 Å². The van der Waals surface area contributed by atoms with Crippen LogP contribution in [0.1, 0.15) is 0 Å². The topological polar surface area (TPSA) is 51.1 Å². The van der Waals surface area contributed by atoms with Crippen molar-refractivity contribution in [2.24, 2.45) is 0 Å². The number of hydrogen-bond donors (Lipinski definition) is 0. The molecule has 84 valence electrons. The van der Waals surface area contributed by atoms with Crippen LogP contribution in [0, 0.1) is 0 Å². The van der Waals surface area contributed by atoms with Gasteiger partial charge in [0.25, 0.3) is 0 Å². The van der Waals surface area contributed by atoms with Crippen molar-refractivity contribution >= 4 is 17.5 Å². The lowest BCUT2D eigenvalue weighted by molar-refractivity contribution is 0.398. The zero-order chi connectivity index (χ0) is 11.5. The average Bonchev–Trinajstić information content (AvgIpc) is 2.78. The second-order valence-corrected chi connectivity index (χ2v) is 4.14. The maximum absolute atomic E-state index is 5.00. The molecule has 0 radical (unpaired) electrons. The fourth-order valence-corrected chi connectivity index (χ4v) is 1.86. The van der Waals surface area contributed by atoms with Crippen LogP contribution in [0.25, 0.3) is 10.6 Å². The summed E-state index contributed by atoms with van der Waals surface area (Å²) in [6.07, 6.45) is 1.73. The molecule has 16 heavy (non-hydrogen) atoms. The van der Waals surface area contributed by atoms with Crippen molar-refractivity contribution < 1.29 is 4.74 Å². The molecule has 2 aromatic heterocycles. The highest BCUT2D eigenvalue weighted by molar-refractivity contribution is 7.09. The molecule has 6 heteroatoms. The van der Waals surface area contributed by atoms with E-state index in [0.717, 1.165) is 16.5 Å². The third-order valence-corrected chi connectivity index (χ3v) is 2.76. The summed E-state index contributed by atoms with van der Waals surface area (Å²) in [6, 6.07) is 3.73. The van der Waals surface area contributed by atoms with Crippen LogP contribution < -0.4 is 9.64 Å². The summed E-state index contributed by atoms with van der Waals surface area (Å²) in [5.41, 5.74) is 0.950. The second-order valence-electron chi connectivity index (χ2n) is 3.38. The molecule has 0 N–H and O–H groups in total. The lowest BCUT2D eigenvalue weighted by Gasteiger charge is -2.04. The molecule has 0 bridgehead atoms. The number of hydrogen-bond acceptors (Lipinski definition) is 6. The van der Waals surface area contributed by atoms with E-state index in [0.29, 0.717) is 5.88 Å². The van der Waals surface area contributed by atoms with Gasteiger partial charge >= 0.3 is 0 Å². The number of nitrogens with zero attached hydrogens (tertiary/aromatic N) is 4. The third kappa shape index (κ3) is 2.11. The predicted octanol–water partition coefficient (Wildman–Crippen LogP) is 1.67. The summed E-state index contributed by atoms with van der Waals surface area (Å²) >= 11 is 1.36. The predicted molar refractivity (Wildman–Crippen MR) is 64.0 cm³/mol. The number of ether oxygens (including phenoxy) is 1. The van der Waals surface area contributed by atoms with Crippen molar-refractivity contribution in [1.82, 2.24) is 14.3 Å². The van der Waals surface area contributed by atoms with Gasteiger partial charge in [-0.15, -0.1) is 0 Å². The fourth-order valence-electron chi connectivity index (χ4n) is 1.14. The quantitative estimate of drug-likeness (QED) is 0.811. The molecule has 5 nitrogen and oxygen atoms in total. The Balaban J connectivity index is 2.28. The minimum absolute atomic E-state index is 0.598. The fraction of sp³-hybridized carbons (Fsp3) is 0.300. The lowest BCUT2D eigenvalue weighted by atomic mass is 10.3. The van der Waals surface area contributed by atoms with Gasteiger partial charge < -0.3 is 9.64 Å². The first-order valence-corrected chi connectivity index (χ1v) is 5.49. The van der Waals surface area contributed by atoms with E-state index in [1.54, 1.807) is 13.3 Å². The summed E-state index contributed by atoms with van der Waals surface area (Å²) < 4.78 is 9.23. The van der Waals surface area contributed by atoms with Crippen LogP contribution in [0.4, 0.5) is 5.95 Å². The summed E-state index contributed by atoms with van der Waals surface area (Å²) in [5.74, 6) is 1.32. The molecule has 2 aromatic rings. The molecular formula is C10H12N4OS. The maximum Gasteiger partial charge on any atom is 0.237 e. The Morgan fingerprint density at radius 1 is 1.31 bits per heavy atom. The van der Waals surface area contributed by atoms with Gasteiger partial charge in [0.2, 0.25) is 11.8 Å².